The minimum Gasteiger partial charge on any atom is -0.505 e. The third-order valence-corrected chi connectivity index (χ3v) is 4.88. The van der Waals surface area contributed by atoms with Gasteiger partial charge in [-0.1, -0.05) is 13.0 Å². The van der Waals surface area contributed by atoms with Crippen LogP contribution in [0.5, 0.6) is 0 Å². The number of rotatable bonds is 3. The van der Waals surface area contributed by atoms with E-state index in [1.165, 1.54) is 13.1 Å². The molecule has 1 aromatic rings. The molecule has 1 aliphatic heterocycles. The van der Waals surface area contributed by atoms with E-state index in [-0.39, 0.29) is 17.1 Å². The molecule has 0 aromatic heterocycles. The van der Waals surface area contributed by atoms with Crippen LogP contribution in [0.2, 0.25) is 0 Å². The number of allylic oxidation sites excluding steroid dienone is 1. The number of nitrogens with one attached hydrogen (secondary N) is 1. The lowest BCUT2D eigenvalue weighted by molar-refractivity contribution is -0.137. The molecular formula is C13H13F3N2O3S. The Morgan fingerprint density at radius 3 is 2.55 bits per heavy atom. The number of hydrogen-bond donors (Lipinski definition) is 2. The van der Waals surface area contributed by atoms with Gasteiger partial charge in [0.1, 0.15) is 11.9 Å². The average molecular weight is 334 g/mol. The topological polar surface area (TPSA) is 78.8 Å². The Labute approximate surface area is 125 Å². The largest absolute Gasteiger partial charge is 0.505 e. The average Bonchev–Trinajstić information content (AvgIpc) is 2.46. The fraction of sp³-hybridized carbons (Fsp3) is 0.308. The lowest BCUT2D eigenvalue weighted by Gasteiger charge is -2.20. The van der Waals surface area contributed by atoms with Crippen molar-refractivity contribution in [2.75, 3.05) is 5.75 Å². The molecule has 1 aliphatic rings. The highest BCUT2D eigenvalue weighted by molar-refractivity contribution is 7.91. The second kappa shape index (κ2) is 5.64. The van der Waals surface area contributed by atoms with E-state index in [0.717, 1.165) is 18.3 Å². The fourth-order valence-electron chi connectivity index (χ4n) is 1.93. The summed E-state index contributed by atoms with van der Waals surface area (Å²) in [6, 6.07) is 2.50. The summed E-state index contributed by atoms with van der Waals surface area (Å²) in [7, 11) is -3.87. The number of hydrogen-bond acceptors (Lipinski definition) is 5. The smallest absolute Gasteiger partial charge is 0.416 e. The molecule has 0 saturated carbocycles. The normalized spacial score (nSPS) is 18.7. The first-order chi connectivity index (χ1) is 10.1. The maximum Gasteiger partial charge on any atom is 0.416 e. The summed E-state index contributed by atoms with van der Waals surface area (Å²) < 4.78 is 62.6. The second-order valence-corrected chi connectivity index (χ2v) is 6.82. The van der Waals surface area contributed by atoms with Gasteiger partial charge >= 0.3 is 6.18 Å². The van der Waals surface area contributed by atoms with Gasteiger partial charge in [-0.2, -0.15) is 13.2 Å². The SMILES string of the molecule is CCS(=O)(=O)c1cc(C(F)(F)F)ccc1C1N=CC(O)=CN1. The van der Waals surface area contributed by atoms with Crippen molar-refractivity contribution in [2.45, 2.75) is 24.2 Å². The van der Waals surface area contributed by atoms with E-state index in [4.69, 9.17) is 0 Å². The fourth-order valence-corrected chi connectivity index (χ4v) is 3.08. The number of halogens is 3. The molecule has 0 radical (unpaired) electrons. The molecule has 5 nitrogen and oxygen atoms in total. The zero-order valence-electron chi connectivity index (χ0n) is 11.4. The number of aliphatic hydroxyl groups is 1. The Bertz CT molecular complexity index is 739. The van der Waals surface area contributed by atoms with E-state index in [0.29, 0.717) is 6.07 Å². The molecule has 0 fully saturated rings. The highest BCUT2D eigenvalue weighted by Gasteiger charge is 2.33. The van der Waals surface area contributed by atoms with Crippen LogP contribution in [0.3, 0.4) is 0 Å². The summed E-state index contributed by atoms with van der Waals surface area (Å²) in [5, 5.41) is 11.8. The summed E-state index contributed by atoms with van der Waals surface area (Å²) >= 11 is 0. The van der Waals surface area contributed by atoms with Crippen molar-refractivity contribution in [1.29, 1.82) is 0 Å². The Balaban J connectivity index is 2.57. The molecule has 0 bridgehead atoms. The molecule has 0 aliphatic carbocycles. The van der Waals surface area contributed by atoms with Crippen molar-refractivity contribution in [1.82, 2.24) is 5.32 Å². The first kappa shape index (κ1) is 16.3. The lowest BCUT2D eigenvalue weighted by atomic mass is 10.1. The van der Waals surface area contributed by atoms with Gasteiger partial charge in [0.05, 0.1) is 22.4 Å². The molecule has 22 heavy (non-hydrogen) atoms. The number of sulfone groups is 1. The van der Waals surface area contributed by atoms with Gasteiger partial charge in [0, 0.05) is 11.8 Å². The number of alkyl halides is 3. The molecule has 9 heteroatoms. The van der Waals surface area contributed by atoms with Crippen molar-refractivity contribution >= 4 is 16.1 Å². The summed E-state index contributed by atoms with van der Waals surface area (Å²) in [4.78, 5) is 3.46. The quantitative estimate of drug-likeness (QED) is 0.890. The molecule has 0 saturated heterocycles. The number of benzene rings is 1. The predicted molar refractivity (Wildman–Crippen MR) is 74.3 cm³/mol. The number of aliphatic imine (C=N–C) groups is 1. The van der Waals surface area contributed by atoms with Gasteiger partial charge in [0.15, 0.2) is 9.84 Å². The van der Waals surface area contributed by atoms with Crippen molar-refractivity contribution in [2.24, 2.45) is 4.99 Å². The van der Waals surface area contributed by atoms with Crippen LogP contribution in [0.15, 0.2) is 40.0 Å². The summed E-state index contributed by atoms with van der Waals surface area (Å²) in [5.41, 5.74) is -0.948. The molecular weight excluding hydrogens is 321 g/mol. The summed E-state index contributed by atoms with van der Waals surface area (Å²) in [5.74, 6) is -0.498. The third-order valence-electron chi connectivity index (χ3n) is 3.10. The first-order valence-corrected chi connectivity index (χ1v) is 7.92. The van der Waals surface area contributed by atoms with Crippen molar-refractivity contribution < 1.29 is 26.7 Å². The van der Waals surface area contributed by atoms with E-state index in [1.807, 2.05) is 0 Å². The first-order valence-electron chi connectivity index (χ1n) is 6.27. The highest BCUT2D eigenvalue weighted by atomic mass is 32.2. The van der Waals surface area contributed by atoms with E-state index in [1.54, 1.807) is 0 Å². The monoisotopic (exact) mass is 334 g/mol. The highest BCUT2D eigenvalue weighted by Crippen LogP contribution is 2.34. The molecule has 1 unspecified atom stereocenters. The maximum atomic E-state index is 12.8. The van der Waals surface area contributed by atoms with Crippen molar-refractivity contribution in [3.05, 3.63) is 41.3 Å². The molecule has 0 amide bonds. The minimum atomic E-state index is -4.64. The molecule has 1 atom stereocenters. The van der Waals surface area contributed by atoms with E-state index in [9.17, 15) is 26.7 Å². The van der Waals surface area contributed by atoms with Crippen LogP contribution in [-0.2, 0) is 16.0 Å². The predicted octanol–water partition coefficient (Wildman–Crippen LogP) is 2.57. The van der Waals surface area contributed by atoms with Gasteiger partial charge in [-0.05, 0) is 12.1 Å². The lowest BCUT2D eigenvalue weighted by Crippen LogP contribution is -2.22. The van der Waals surface area contributed by atoms with Crippen molar-refractivity contribution in [3.8, 4) is 0 Å². The van der Waals surface area contributed by atoms with Gasteiger partial charge in [-0.25, -0.2) is 8.42 Å². The van der Waals surface area contributed by atoms with Crippen LogP contribution in [0, 0.1) is 0 Å². The van der Waals surface area contributed by atoms with Gasteiger partial charge < -0.3 is 10.4 Å². The maximum absolute atomic E-state index is 12.8. The van der Waals surface area contributed by atoms with Crippen LogP contribution in [0.1, 0.15) is 24.2 Å². The molecule has 1 aromatic carbocycles. The molecule has 120 valence electrons. The Morgan fingerprint density at radius 1 is 1.36 bits per heavy atom. The standard InChI is InChI=1S/C13H13F3N2O3S/c1-2-22(20,21)11-5-8(13(14,15)16)3-4-10(11)12-17-6-9(19)7-18-12/h3-7,12,17,19H,2H2,1H3. The minimum absolute atomic E-state index is 0.0925. The second-order valence-electron chi connectivity index (χ2n) is 4.57. The molecule has 2 rings (SSSR count). The van der Waals surface area contributed by atoms with Crippen LogP contribution < -0.4 is 5.32 Å². The Hall–Kier alpha value is -2.03. The van der Waals surface area contributed by atoms with Crippen LogP contribution in [-0.4, -0.2) is 25.5 Å². The van der Waals surface area contributed by atoms with Crippen LogP contribution in [0.4, 0.5) is 13.2 Å². The van der Waals surface area contributed by atoms with E-state index >= 15 is 0 Å². The van der Waals surface area contributed by atoms with Gasteiger partial charge in [-0.15, -0.1) is 0 Å². The summed E-state index contributed by atoms with van der Waals surface area (Å²) in [6.07, 6.45) is -3.23. The number of nitrogens with zero attached hydrogens (tertiary/aromatic N) is 1. The molecule has 2 N–H and O–H groups in total. The zero-order chi connectivity index (χ0) is 16.5. The van der Waals surface area contributed by atoms with Crippen LogP contribution >= 0.6 is 0 Å². The van der Waals surface area contributed by atoms with Crippen LogP contribution in [0.25, 0.3) is 0 Å². The van der Waals surface area contributed by atoms with Crippen molar-refractivity contribution in [3.63, 3.8) is 0 Å². The zero-order valence-corrected chi connectivity index (χ0v) is 12.2. The third kappa shape index (κ3) is 3.24. The summed E-state index contributed by atoms with van der Waals surface area (Å²) in [6.45, 7) is 1.35. The Kier molecular flexibility index (Phi) is 4.19. The van der Waals surface area contributed by atoms with Gasteiger partial charge in [-0.3, -0.25) is 4.99 Å². The number of aliphatic hydroxyl groups excluding tert-OH is 1. The molecule has 1 heterocycles. The van der Waals surface area contributed by atoms with E-state index < -0.39 is 32.6 Å². The van der Waals surface area contributed by atoms with E-state index in [2.05, 4.69) is 10.3 Å². The van der Waals surface area contributed by atoms with Gasteiger partial charge in [0.25, 0.3) is 0 Å². The Morgan fingerprint density at radius 2 is 2.05 bits per heavy atom. The van der Waals surface area contributed by atoms with Gasteiger partial charge in [0.2, 0.25) is 0 Å². The molecule has 0 spiro atoms.